The van der Waals surface area contributed by atoms with Crippen molar-refractivity contribution in [2.75, 3.05) is 26.5 Å². The van der Waals surface area contributed by atoms with E-state index in [9.17, 15) is 24.0 Å². The molecule has 0 aromatic carbocycles. The number of hydrogen-bond acceptors (Lipinski definition) is 8. The van der Waals surface area contributed by atoms with E-state index < -0.39 is 30.2 Å². The highest BCUT2D eigenvalue weighted by Crippen LogP contribution is 2.11. The quantitative estimate of drug-likeness (QED) is 0.214. The van der Waals surface area contributed by atoms with E-state index in [1.54, 1.807) is 6.92 Å². The third kappa shape index (κ3) is 10.7. The van der Waals surface area contributed by atoms with E-state index in [1.807, 2.05) is 0 Å². The number of carbonyl (C=O) groups is 5. The largest absolute Gasteiger partial charge is 0.452 e. The summed E-state index contributed by atoms with van der Waals surface area (Å²) < 4.78 is 14.0. The second-order valence-electron chi connectivity index (χ2n) is 5.39. The minimum atomic E-state index is -1.01. The standard InChI is InChI=1S/C16H24ClNO8/c1-4-14(21)25-10-26-16(23)18(8-9-24-15(17)22)7-5-6-13(11(2)19)12(3)20/h13H,4-10H2,1-3H3. The van der Waals surface area contributed by atoms with Crippen molar-refractivity contribution in [1.82, 2.24) is 4.90 Å². The number of rotatable bonds is 12. The first-order valence-corrected chi connectivity index (χ1v) is 8.47. The topological polar surface area (TPSA) is 116 Å². The van der Waals surface area contributed by atoms with Gasteiger partial charge in [-0.3, -0.25) is 14.4 Å². The van der Waals surface area contributed by atoms with Crippen LogP contribution in [0.25, 0.3) is 0 Å². The molecule has 0 rings (SSSR count). The third-order valence-electron chi connectivity index (χ3n) is 3.43. The minimum absolute atomic E-state index is 0.0101. The van der Waals surface area contributed by atoms with Crippen LogP contribution in [0.4, 0.5) is 9.59 Å². The summed E-state index contributed by atoms with van der Waals surface area (Å²) in [6, 6.07) is 0. The van der Waals surface area contributed by atoms with Crippen LogP contribution < -0.4 is 0 Å². The van der Waals surface area contributed by atoms with Crippen LogP contribution in [-0.2, 0) is 28.6 Å². The molecular weight excluding hydrogens is 370 g/mol. The van der Waals surface area contributed by atoms with E-state index in [0.717, 1.165) is 0 Å². The predicted molar refractivity (Wildman–Crippen MR) is 90.6 cm³/mol. The number of halogens is 1. The molecule has 0 fully saturated rings. The molecule has 0 unspecified atom stereocenters. The lowest BCUT2D eigenvalue weighted by atomic mass is 9.95. The molecule has 0 aromatic rings. The van der Waals surface area contributed by atoms with E-state index in [4.69, 9.17) is 16.3 Å². The first-order chi connectivity index (χ1) is 12.2. The van der Waals surface area contributed by atoms with Gasteiger partial charge in [0.2, 0.25) is 6.79 Å². The van der Waals surface area contributed by atoms with E-state index in [0.29, 0.717) is 6.42 Å². The lowest BCUT2D eigenvalue weighted by Gasteiger charge is -2.22. The molecule has 10 heteroatoms. The fraction of sp³-hybridized carbons (Fsp3) is 0.688. The summed E-state index contributed by atoms with van der Waals surface area (Å²) in [6.45, 7) is 3.70. The Labute approximate surface area is 156 Å². The van der Waals surface area contributed by atoms with Crippen LogP contribution in [0.15, 0.2) is 0 Å². The van der Waals surface area contributed by atoms with Gasteiger partial charge in [0.1, 0.15) is 18.2 Å². The van der Waals surface area contributed by atoms with Crippen molar-refractivity contribution >= 4 is 40.7 Å². The van der Waals surface area contributed by atoms with Gasteiger partial charge in [0.05, 0.1) is 12.5 Å². The summed E-state index contributed by atoms with van der Waals surface area (Å²) in [5, 5.41) is 0. The monoisotopic (exact) mass is 393 g/mol. The smallest absolute Gasteiger partial charge is 0.412 e. The van der Waals surface area contributed by atoms with Crippen LogP contribution in [0.1, 0.15) is 40.0 Å². The second-order valence-corrected chi connectivity index (χ2v) is 5.70. The maximum Gasteiger partial charge on any atom is 0.412 e. The van der Waals surface area contributed by atoms with Gasteiger partial charge in [-0.25, -0.2) is 9.59 Å². The maximum absolute atomic E-state index is 12.0. The number of carbonyl (C=O) groups excluding carboxylic acids is 5. The van der Waals surface area contributed by atoms with Crippen LogP contribution in [0.3, 0.4) is 0 Å². The molecule has 0 bridgehead atoms. The highest BCUT2D eigenvalue weighted by atomic mass is 35.5. The van der Waals surface area contributed by atoms with Gasteiger partial charge in [0.15, 0.2) is 0 Å². The zero-order valence-corrected chi connectivity index (χ0v) is 15.9. The third-order valence-corrected chi connectivity index (χ3v) is 3.54. The molecule has 1 amide bonds. The molecule has 0 saturated heterocycles. The van der Waals surface area contributed by atoms with Gasteiger partial charge in [-0.2, -0.15) is 0 Å². The molecular formula is C16H24ClNO8. The Morgan fingerprint density at radius 3 is 2.08 bits per heavy atom. The number of esters is 1. The van der Waals surface area contributed by atoms with Crippen molar-refractivity contribution in [2.24, 2.45) is 5.92 Å². The second kappa shape index (κ2) is 13.1. The van der Waals surface area contributed by atoms with Crippen LogP contribution in [0.2, 0.25) is 0 Å². The number of Topliss-reactive ketones (excluding diaryl/α,β-unsaturated/α-hetero) is 2. The van der Waals surface area contributed by atoms with Gasteiger partial charge in [-0.15, -0.1) is 0 Å². The van der Waals surface area contributed by atoms with Gasteiger partial charge >= 0.3 is 17.5 Å². The van der Waals surface area contributed by atoms with E-state index >= 15 is 0 Å². The summed E-state index contributed by atoms with van der Waals surface area (Å²) in [5.41, 5.74) is -1.01. The number of amides is 1. The fourth-order valence-electron chi connectivity index (χ4n) is 2.05. The van der Waals surface area contributed by atoms with Gasteiger partial charge in [-0.05, 0) is 26.7 Å². The van der Waals surface area contributed by atoms with Crippen LogP contribution in [0.5, 0.6) is 0 Å². The van der Waals surface area contributed by atoms with E-state index in [1.165, 1.54) is 18.7 Å². The summed E-state index contributed by atoms with van der Waals surface area (Å²) >= 11 is 5.06. The van der Waals surface area contributed by atoms with Crippen molar-refractivity contribution < 1.29 is 38.2 Å². The van der Waals surface area contributed by atoms with Gasteiger partial charge < -0.3 is 19.1 Å². The summed E-state index contributed by atoms with van der Waals surface area (Å²) in [5.74, 6) is -1.73. The van der Waals surface area contributed by atoms with Crippen molar-refractivity contribution in [3.05, 3.63) is 0 Å². The normalized spacial score (nSPS) is 10.2. The highest BCUT2D eigenvalue weighted by molar-refractivity contribution is 6.61. The maximum atomic E-state index is 12.0. The molecule has 0 aliphatic carbocycles. The SMILES string of the molecule is CCC(=O)OCOC(=O)N(CCCC(C(C)=O)C(C)=O)CCOC(=O)Cl. The van der Waals surface area contributed by atoms with Gasteiger partial charge in [-0.1, -0.05) is 6.92 Å². The Morgan fingerprint density at radius 1 is 0.962 bits per heavy atom. The Balaban J connectivity index is 4.59. The van der Waals surface area contributed by atoms with Crippen LogP contribution in [-0.4, -0.2) is 60.4 Å². The van der Waals surface area contributed by atoms with Crippen molar-refractivity contribution in [3.63, 3.8) is 0 Å². The molecule has 0 radical (unpaired) electrons. The number of nitrogens with zero attached hydrogens (tertiary/aromatic N) is 1. The molecule has 26 heavy (non-hydrogen) atoms. The molecule has 9 nitrogen and oxygen atoms in total. The highest BCUT2D eigenvalue weighted by Gasteiger charge is 2.21. The Bertz CT molecular complexity index is 508. The number of ether oxygens (including phenoxy) is 3. The molecule has 0 atom stereocenters. The molecule has 0 aliphatic rings. The predicted octanol–water partition coefficient (Wildman–Crippen LogP) is 2.29. The Kier molecular flexibility index (Phi) is 12.0. The fourth-order valence-corrected chi connectivity index (χ4v) is 2.13. The van der Waals surface area contributed by atoms with Crippen molar-refractivity contribution in [3.8, 4) is 0 Å². The van der Waals surface area contributed by atoms with Gasteiger partial charge in [0.25, 0.3) is 0 Å². The zero-order valence-electron chi connectivity index (χ0n) is 15.1. The van der Waals surface area contributed by atoms with Crippen molar-refractivity contribution in [1.29, 1.82) is 0 Å². The zero-order chi connectivity index (χ0) is 20.1. The first kappa shape index (κ1) is 23.8. The summed E-state index contributed by atoms with van der Waals surface area (Å²) in [4.78, 5) is 57.7. The Hall–Kier alpha value is -2.16. The first-order valence-electron chi connectivity index (χ1n) is 8.09. The lowest BCUT2D eigenvalue weighted by molar-refractivity contribution is -0.152. The summed E-state index contributed by atoms with van der Waals surface area (Å²) in [7, 11) is 0. The molecule has 0 heterocycles. The molecule has 0 aromatic heterocycles. The lowest BCUT2D eigenvalue weighted by Crippen LogP contribution is -2.36. The summed E-state index contributed by atoms with van der Waals surface area (Å²) in [6.07, 6.45) is -0.0247. The number of hydrogen-bond donors (Lipinski definition) is 0. The minimum Gasteiger partial charge on any atom is -0.452 e. The number of ketones is 2. The Morgan fingerprint density at radius 2 is 1.58 bits per heavy atom. The average molecular weight is 394 g/mol. The molecule has 148 valence electrons. The molecule has 0 N–H and O–H groups in total. The van der Waals surface area contributed by atoms with Crippen LogP contribution >= 0.6 is 11.6 Å². The van der Waals surface area contributed by atoms with Crippen molar-refractivity contribution in [2.45, 2.75) is 40.0 Å². The average Bonchev–Trinajstić information content (AvgIpc) is 2.55. The van der Waals surface area contributed by atoms with E-state index in [-0.39, 0.29) is 44.1 Å². The van der Waals surface area contributed by atoms with Gasteiger partial charge in [0, 0.05) is 24.6 Å². The molecule has 0 spiro atoms. The molecule has 0 aliphatic heterocycles. The van der Waals surface area contributed by atoms with Crippen LogP contribution in [0, 0.1) is 5.92 Å². The molecule has 0 saturated carbocycles. The van der Waals surface area contributed by atoms with E-state index in [2.05, 4.69) is 9.47 Å².